The maximum Gasteiger partial charge on any atom is 0.407 e. The van der Waals surface area contributed by atoms with Gasteiger partial charge in [-0.25, -0.2) is 19.6 Å². The maximum atomic E-state index is 13.8. The Morgan fingerprint density at radius 1 is 0.790 bits per heavy atom. The summed E-state index contributed by atoms with van der Waals surface area (Å²) in [5.74, 6) is 6.27. The molecule has 0 bridgehead atoms. The summed E-state index contributed by atoms with van der Waals surface area (Å²) >= 11 is 0. The number of H-pyrrole nitrogens is 2. The van der Waals surface area contributed by atoms with Gasteiger partial charge in [0.25, 0.3) is 0 Å². The smallest absolute Gasteiger partial charge is 0.407 e. The van der Waals surface area contributed by atoms with E-state index in [0.29, 0.717) is 23.9 Å². The molecule has 4 aromatic rings. The largest absolute Gasteiger partial charge is 0.453 e. The van der Waals surface area contributed by atoms with Crippen molar-refractivity contribution >= 4 is 24.0 Å². The lowest BCUT2D eigenvalue weighted by Crippen LogP contribution is -2.58. The van der Waals surface area contributed by atoms with Crippen molar-refractivity contribution in [1.29, 1.82) is 0 Å². The standard InChI is InChI=1S/C44H52F3N9O6/c1-26(2)36(52-42(59)61-5)40(57)55-19-7-8-34(55)38-48-22-32(50-38)30-15-11-28(12-16-30)9-10-29-13-17-31(18-14-29)33-23-49-39(51-33)35-24-54(25-44(45,46)47)20-21-56(35)41(58)37(27(3)4)53-43(60)62-6/h11-18,22-23,26-27,34-37H,7-8,19-21,24-25H2,1-6H3,(H,48,50)(H,49,51)(H,52,59)(H,53,60). The van der Waals surface area contributed by atoms with Gasteiger partial charge in [0.2, 0.25) is 11.8 Å². The van der Waals surface area contributed by atoms with Crippen molar-refractivity contribution in [2.24, 2.45) is 11.8 Å². The van der Waals surface area contributed by atoms with Gasteiger partial charge in [-0.15, -0.1) is 0 Å². The van der Waals surface area contributed by atoms with Crippen LogP contribution in [0.2, 0.25) is 0 Å². The molecular formula is C44H52F3N9O6. The zero-order valence-electron chi connectivity index (χ0n) is 35.5. The number of ether oxygens (including phenoxy) is 2. The van der Waals surface area contributed by atoms with Crippen molar-refractivity contribution in [2.75, 3.05) is 46.9 Å². The first-order valence-corrected chi connectivity index (χ1v) is 20.5. The zero-order valence-corrected chi connectivity index (χ0v) is 35.5. The van der Waals surface area contributed by atoms with Gasteiger partial charge in [-0.1, -0.05) is 63.8 Å². The molecule has 330 valence electrons. The average molecular weight is 860 g/mol. The predicted octanol–water partition coefficient (Wildman–Crippen LogP) is 6.04. The number of imidazole rings is 2. The summed E-state index contributed by atoms with van der Waals surface area (Å²) in [4.78, 5) is 71.6. The lowest BCUT2D eigenvalue weighted by Gasteiger charge is -2.42. The van der Waals surface area contributed by atoms with Crippen molar-refractivity contribution < 1.29 is 41.8 Å². The molecule has 0 aliphatic carbocycles. The predicted molar refractivity (Wildman–Crippen MR) is 223 cm³/mol. The van der Waals surface area contributed by atoms with E-state index in [1.54, 1.807) is 31.1 Å². The fourth-order valence-electron chi connectivity index (χ4n) is 7.72. The fourth-order valence-corrected chi connectivity index (χ4v) is 7.72. The number of alkyl halides is 3. The number of methoxy groups -OCH3 is 2. The van der Waals surface area contributed by atoms with Crippen LogP contribution < -0.4 is 10.6 Å². The Morgan fingerprint density at radius 3 is 1.87 bits per heavy atom. The summed E-state index contributed by atoms with van der Waals surface area (Å²) < 4.78 is 49.7. The molecule has 0 radical (unpaired) electrons. The van der Waals surface area contributed by atoms with Gasteiger partial charge >= 0.3 is 18.4 Å². The van der Waals surface area contributed by atoms with Crippen LogP contribution in [0.25, 0.3) is 22.5 Å². The molecular weight excluding hydrogens is 808 g/mol. The van der Waals surface area contributed by atoms with Crippen LogP contribution in [-0.4, -0.2) is 124 Å². The number of halogens is 3. The van der Waals surface area contributed by atoms with E-state index >= 15 is 0 Å². The summed E-state index contributed by atoms with van der Waals surface area (Å²) in [6.45, 7) is 6.59. The van der Waals surface area contributed by atoms with Crippen molar-refractivity contribution in [3.8, 4) is 34.4 Å². The van der Waals surface area contributed by atoms with E-state index in [1.165, 1.54) is 24.0 Å². The fraction of sp³-hybridized carbons (Fsp3) is 0.455. The average Bonchev–Trinajstić information content (AvgIpc) is 4.05. The molecule has 2 aromatic heterocycles. The number of rotatable bonds is 11. The molecule has 2 aromatic carbocycles. The zero-order chi connectivity index (χ0) is 44.7. The minimum absolute atomic E-state index is 0.000316. The molecule has 2 aliphatic rings. The molecule has 4 unspecified atom stereocenters. The second-order valence-corrected chi connectivity index (χ2v) is 16.1. The van der Waals surface area contributed by atoms with E-state index in [-0.39, 0.29) is 43.4 Å². The molecule has 0 saturated carbocycles. The lowest BCUT2D eigenvalue weighted by atomic mass is 10.0. The number of likely N-dealkylation sites (tertiary alicyclic amines) is 1. The Bertz CT molecular complexity index is 2260. The number of amides is 4. The Kier molecular flexibility index (Phi) is 14.3. The highest BCUT2D eigenvalue weighted by atomic mass is 19.4. The molecule has 62 heavy (non-hydrogen) atoms. The Balaban J connectivity index is 1.12. The van der Waals surface area contributed by atoms with Gasteiger partial charge < -0.3 is 39.9 Å². The van der Waals surface area contributed by atoms with Crippen molar-refractivity contribution in [3.05, 3.63) is 83.7 Å². The van der Waals surface area contributed by atoms with Crippen LogP contribution in [0.4, 0.5) is 22.8 Å². The monoisotopic (exact) mass is 859 g/mol. The summed E-state index contributed by atoms with van der Waals surface area (Å²) in [6, 6.07) is 12.3. The van der Waals surface area contributed by atoms with Gasteiger partial charge in [0.15, 0.2) is 0 Å². The quantitative estimate of drug-likeness (QED) is 0.131. The van der Waals surface area contributed by atoms with E-state index in [0.717, 1.165) is 40.8 Å². The van der Waals surface area contributed by atoms with E-state index < -0.39 is 48.9 Å². The van der Waals surface area contributed by atoms with E-state index in [1.807, 2.05) is 62.4 Å². The van der Waals surface area contributed by atoms with Crippen LogP contribution in [0.3, 0.4) is 0 Å². The van der Waals surface area contributed by atoms with Gasteiger partial charge in [-0.3, -0.25) is 14.5 Å². The molecule has 6 rings (SSSR count). The molecule has 2 fully saturated rings. The Hall–Kier alpha value is -6.35. The SMILES string of the molecule is COC(=O)NC(C(=O)N1CCN(CC(F)(F)F)CC1c1nc(-c2ccc(C#Cc3ccc(-c4cnc(C5CCCN5C(=O)C(NC(=O)OC)C(C)C)[nH]4)cc3)cc2)c[nH]1)C(C)C. The number of carbonyl (C=O) groups excluding carboxylic acids is 4. The number of aromatic amines is 2. The Morgan fingerprint density at radius 2 is 1.34 bits per heavy atom. The molecule has 2 aliphatic heterocycles. The van der Waals surface area contributed by atoms with Crippen LogP contribution in [0.15, 0.2) is 60.9 Å². The van der Waals surface area contributed by atoms with Gasteiger partial charge in [-0.2, -0.15) is 13.2 Å². The van der Waals surface area contributed by atoms with Crippen LogP contribution in [0.5, 0.6) is 0 Å². The number of aromatic nitrogens is 4. The second kappa shape index (κ2) is 19.6. The van der Waals surface area contributed by atoms with Gasteiger partial charge in [0, 0.05) is 49.1 Å². The minimum Gasteiger partial charge on any atom is -0.453 e. The number of piperazine rings is 1. The number of hydrogen-bond donors (Lipinski definition) is 4. The molecule has 4 atom stereocenters. The minimum atomic E-state index is -4.42. The summed E-state index contributed by atoms with van der Waals surface area (Å²) in [7, 11) is 2.46. The highest BCUT2D eigenvalue weighted by Gasteiger charge is 2.41. The third kappa shape index (κ3) is 10.9. The van der Waals surface area contributed by atoms with Crippen LogP contribution in [-0.2, 0) is 19.1 Å². The number of carbonyl (C=O) groups is 4. The molecule has 4 N–H and O–H groups in total. The topological polar surface area (TPSA) is 178 Å². The van der Waals surface area contributed by atoms with Gasteiger partial charge in [-0.05, 0) is 54.5 Å². The highest BCUT2D eigenvalue weighted by molar-refractivity contribution is 5.87. The summed E-state index contributed by atoms with van der Waals surface area (Å²) in [5.41, 5.74) is 4.49. The van der Waals surface area contributed by atoms with Gasteiger partial charge in [0.05, 0.1) is 44.4 Å². The Labute approximate surface area is 358 Å². The third-order valence-electron chi connectivity index (χ3n) is 11.0. The lowest BCUT2D eigenvalue weighted by molar-refractivity contribution is -0.157. The van der Waals surface area contributed by atoms with E-state index in [9.17, 15) is 32.3 Å². The van der Waals surface area contributed by atoms with Crippen molar-refractivity contribution in [2.45, 2.75) is 70.9 Å². The number of nitrogens with one attached hydrogen (secondary N) is 4. The van der Waals surface area contributed by atoms with Crippen molar-refractivity contribution in [3.63, 3.8) is 0 Å². The third-order valence-corrected chi connectivity index (χ3v) is 11.0. The number of hydrogen-bond acceptors (Lipinski definition) is 9. The highest BCUT2D eigenvalue weighted by Crippen LogP contribution is 2.33. The first-order valence-electron chi connectivity index (χ1n) is 20.5. The normalized spacial score (nSPS) is 17.9. The van der Waals surface area contributed by atoms with Crippen LogP contribution in [0, 0.1) is 23.7 Å². The molecule has 0 spiro atoms. The first-order chi connectivity index (χ1) is 29.5. The van der Waals surface area contributed by atoms with Crippen LogP contribution in [0.1, 0.15) is 75.4 Å². The van der Waals surface area contributed by atoms with Crippen LogP contribution >= 0.6 is 0 Å². The second-order valence-electron chi connectivity index (χ2n) is 16.1. The van der Waals surface area contributed by atoms with E-state index in [4.69, 9.17) is 14.5 Å². The molecule has 4 amide bonds. The van der Waals surface area contributed by atoms with E-state index in [2.05, 4.69) is 37.4 Å². The first kappa shape index (κ1) is 45.2. The van der Waals surface area contributed by atoms with Gasteiger partial charge in [0.1, 0.15) is 29.8 Å². The number of nitrogens with zero attached hydrogens (tertiary/aromatic N) is 5. The number of alkyl carbamates (subject to hydrolysis) is 2. The molecule has 2 saturated heterocycles. The molecule has 18 heteroatoms. The maximum absolute atomic E-state index is 13.8. The number of benzene rings is 2. The van der Waals surface area contributed by atoms with Crippen molar-refractivity contribution in [1.82, 2.24) is 45.3 Å². The summed E-state index contributed by atoms with van der Waals surface area (Å²) in [5, 5.41) is 5.23. The molecule has 4 heterocycles. The molecule has 15 nitrogen and oxygen atoms in total. The summed E-state index contributed by atoms with van der Waals surface area (Å²) in [6.07, 6.45) is -0.914.